The summed E-state index contributed by atoms with van der Waals surface area (Å²) in [5, 5.41) is 10.1. The second kappa shape index (κ2) is 3.93. The van der Waals surface area contributed by atoms with E-state index in [1.165, 1.54) is 0 Å². The molecule has 0 N–H and O–H groups in total. The Kier molecular flexibility index (Phi) is 3.04. The lowest BCUT2D eigenvalue weighted by atomic mass is 10.3. The van der Waals surface area contributed by atoms with Crippen LogP contribution in [0.2, 0.25) is 5.02 Å². The second-order valence-corrected chi connectivity index (χ2v) is 2.83. The van der Waals surface area contributed by atoms with E-state index in [1.807, 2.05) is 0 Å². The maximum absolute atomic E-state index is 11.7. The van der Waals surface area contributed by atoms with E-state index in [1.54, 1.807) is 0 Å². The number of nitro benzene ring substituents is 1. The van der Waals surface area contributed by atoms with Gasteiger partial charge in [0.1, 0.15) is 10.8 Å². The molecule has 0 aliphatic heterocycles. The highest BCUT2D eigenvalue weighted by Gasteiger charge is 2.31. The first-order valence-electron chi connectivity index (χ1n) is 3.49. The number of rotatable bonds is 2. The quantitative estimate of drug-likeness (QED) is 0.590. The maximum Gasteiger partial charge on any atom is 0.573 e. The van der Waals surface area contributed by atoms with Gasteiger partial charge in [0.15, 0.2) is 0 Å². The minimum absolute atomic E-state index is 0.255. The van der Waals surface area contributed by atoms with Gasteiger partial charge in [-0.2, -0.15) is 0 Å². The van der Waals surface area contributed by atoms with Gasteiger partial charge in [0.2, 0.25) is 0 Å². The molecule has 0 atom stereocenters. The zero-order chi connectivity index (χ0) is 11.6. The first-order valence-corrected chi connectivity index (χ1v) is 3.87. The van der Waals surface area contributed by atoms with Crippen LogP contribution in [0.4, 0.5) is 18.9 Å². The Balaban J connectivity index is 3.03. The molecule has 8 heteroatoms. The molecule has 4 nitrogen and oxygen atoms in total. The Bertz CT molecular complexity index is 394. The Morgan fingerprint density at radius 1 is 1.40 bits per heavy atom. The lowest BCUT2D eigenvalue weighted by Gasteiger charge is -2.08. The van der Waals surface area contributed by atoms with Crippen molar-refractivity contribution in [1.82, 2.24) is 0 Å². The summed E-state index contributed by atoms with van der Waals surface area (Å²) in [5.74, 6) is -0.682. The van der Waals surface area contributed by atoms with Gasteiger partial charge in [-0.15, -0.1) is 13.2 Å². The molecule has 0 amide bonds. The molecule has 0 radical (unpaired) electrons. The third-order valence-corrected chi connectivity index (χ3v) is 1.67. The number of hydrogen-bond acceptors (Lipinski definition) is 3. The molecular weight excluding hydrogens is 239 g/mol. The third kappa shape index (κ3) is 3.28. The van der Waals surface area contributed by atoms with Crippen LogP contribution in [0, 0.1) is 10.1 Å². The SMILES string of the molecule is O=[N+]([O-])c1cc(OC(F)(F)F)ccc1Cl. The van der Waals surface area contributed by atoms with Gasteiger partial charge in [0.05, 0.1) is 11.0 Å². The van der Waals surface area contributed by atoms with Gasteiger partial charge in [-0.05, 0) is 12.1 Å². The number of halogens is 4. The summed E-state index contributed by atoms with van der Waals surface area (Å²) in [7, 11) is 0. The average molecular weight is 242 g/mol. The van der Waals surface area contributed by atoms with Gasteiger partial charge in [0, 0.05) is 0 Å². The van der Waals surface area contributed by atoms with Crippen LogP contribution in [0.1, 0.15) is 0 Å². The van der Waals surface area contributed by atoms with E-state index in [0.717, 1.165) is 12.1 Å². The molecule has 82 valence electrons. The number of nitro groups is 1. The van der Waals surface area contributed by atoms with Gasteiger partial charge >= 0.3 is 6.36 Å². The van der Waals surface area contributed by atoms with Crippen molar-refractivity contribution in [3.05, 3.63) is 33.3 Å². The van der Waals surface area contributed by atoms with Crippen molar-refractivity contribution in [2.75, 3.05) is 0 Å². The van der Waals surface area contributed by atoms with Crippen molar-refractivity contribution >= 4 is 17.3 Å². The Morgan fingerprint density at radius 2 is 2.00 bits per heavy atom. The first-order chi connectivity index (χ1) is 6.79. The van der Waals surface area contributed by atoms with Crippen LogP contribution < -0.4 is 4.74 Å². The summed E-state index contributed by atoms with van der Waals surface area (Å²) in [5.41, 5.74) is -0.640. The molecule has 0 aliphatic rings. The second-order valence-electron chi connectivity index (χ2n) is 2.42. The summed E-state index contributed by atoms with van der Waals surface area (Å²) < 4.78 is 38.7. The zero-order valence-corrected chi connectivity index (χ0v) is 7.67. The molecule has 1 aromatic carbocycles. The van der Waals surface area contributed by atoms with Crippen molar-refractivity contribution in [3.63, 3.8) is 0 Å². The highest BCUT2D eigenvalue weighted by Crippen LogP contribution is 2.31. The number of nitrogens with zero attached hydrogens (tertiary/aromatic N) is 1. The molecule has 15 heavy (non-hydrogen) atoms. The molecular formula is C7H3ClF3NO3. The molecule has 1 rings (SSSR count). The minimum atomic E-state index is -4.89. The number of hydrogen-bond donors (Lipinski definition) is 0. The number of alkyl halides is 3. The lowest BCUT2D eigenvalue weighted by molar-refractivity contribution is -0.384. The minimum Gasteiger partial charge on any atom is -0.406 e. The maximum atomic E-state index is 11.7. The van der Waals surface area contributed by atoms with E-state index in [4.69, 9.17) is 11.6 Å². The van der Waals surface area contributed by atoms with E-state index >= 15 is 0 Å². The molecule has 0 fully saturated rings. The molecule has 1 aromatic rings. The standard InChI is InChI=1S/C7H3ClF3NO3/c8-5-2-1-4(15-7(9,10)11)3-6(5)12(13)14/h1-3H. The summed E-state index contributed by atoms with van der Waals surface area (Å²) in [6, 6.07) is 2.46. The van der Waals surface area contributed by atoms with Crippen molar-refractivity contribution in [1.29, 1.82) is 0 Å². The van der Waals surface area contributed by atoms with Gasteiger partial charge in [0.25, 0.3) is 5.69 Å². The summed E-state index contributed by atoms with van der Waals surface area (Å²) >= 11 is 5.38. The van der Waals surface area contributed by atoms with Crippen LogP contribution in [0.25, 0.3) is 0 Å². The van der Waals surface area contributed by atoms with E-state index in [9.17, 15) is 23.3 Å². The molecule has 0 heterocycles. The first kappa shape index (κ1) is 11.6. The van der Waals surface area contributed by atoms with Crippen LogP contribution in [-0.4, -0.2) is 11.3 Å². The monoisotopic (exact) mass is 241 g/mol. The van der Waals surface area contributed by atoms with E-state index < -0.39 is 22.7 Å². The Hall–Kier alpha value is -1.50. The van der Waals surface area contributed by atoms with Crippen LogP contribution >= 0.6 is 11.6 Å². The topological polar surface area (TPSA) is 52.4 Å². The normalized spacial score (nSPS) is 11.2. The van der Waals surface area contributed by atoms with Gasteiger partial charge < -0.3 is 4.74 Å². The predicted octanol–water partition coefficient (Wildman–Crippen LogP) is 3.15. The van der Waals surface area contributed by atoms with Crippen LogP contribution in [0.15, 0.2) is 18.2 Å². The van der Waals surface area contributed by atoms with Crippen LogP contribution in [-0.2, 0) is 0 Å². The van der Waals surface area contributed by atoms with Crippen LogP contribution in [0.3, 0.4) is 0 Å². The van der Waals surface area contributed by atoms with E-state index in [-0.39, 0.29) is 5.02 Å². The fraction of sp³-hybridized carbons (Fsp3) is 0.143. The van der Waals surface area contributed by atoms with Crippen molar-refractivity contribution < 1.29 is 22.8 Å². The van der Waals surface area contributed by atoms with Crippen molar-refractivity contribution in [2.45, 2.75) is 6.36 Å². The van der Waals surface area contributed by atoms with Gasteiger partial charge in [-0.1, -0.05) is 11.6 Å². The van der Waals surface area contributed by atoms with Gasteiger partial charge in [-0.25, -0.2) is 0 Å². The highest BCUT2D eigenvalue weighted by atomic mass is 35.5. The third-order valence-electron chi connectivity index (χ3n) is 1.35. The molecule has 0 bridgehead atoms. The van der Waals surface area contributed by atoms with Crippen molar-refractivity contribution in [3.8, 4) is 5.75 Å². The summed E-state index contributed by atoms with van der Waals surface area (Å²) in [6.45, 7) is 0. The largest absolute Gasteiger partial charge is 0.573 e. The average Bonchev–Trinajstić information content (AvgIpc) is 2.05. The number of ether oxygens (including phenoxy) is 1. The van der Waals surface area contributed by atoms with Crippen LogP contribution in [0.5, 0.6) is 5.75 Å². The summed E-state index contributed by atoms with van der Waals surface area (Å²) in [4.78, 5) is 9.43. The van der Waals surface area contributed by atoms with Crippen molar-refractivity contribution in [2.24, 2.45) is 0 Å². The molecule has 0 spiro atoms. The smallest absolute Gasteiger partial charge is 0.406 e. The van der Waals surface area contributed by atoms with E-state index in [2.05, 4.69) is 4.74 Å². The number of benzene rings is 1. The molecule has 0 saturated carbocycles. The zero-order valence-electron chi connectivity index (χ0n) is 6.92. The Morgan fingerprint density at radius 3 is 2.47 bits per heavy atom. The molecule has 0 aliphatic carbocycles. The molecule has 0 aromatic heterocycles. The Labute approximate surface area is 86.4 Å². The van der Waals surface area contributed by atoms with Gasteiger partial charge in [-0.3, -0.25) is 10.1 Å². The molecule has 0 saturated heterocycles. The lowest BCUT2D eigenvalue weighted by Crippen LogP contribution is -2.17. The molecule has 0 unspecified atom stereocenters. The van der Waals surface area contributed by atoms with E-state index in [0.29, 0.717) is 6.07 Å². The predicted molar refractivity (Wildman–Crippen MR) is 44.8 cm³/mol. The fourth-order valence-corrected chi connectivity index (χ4v) is 1.02. The highest BCUT2D eigenvalue weighted by molar-refractivity contribution is 6.32. The summed E-state index contributed by atoms with van der Waals surface area (Å²) in [6.07, 6.45) is -4.89. The fourth-order valence-electron chi connectivity index (χ4n) is 0.830.